The SMILES string of the molecule is CN1CCN(c2ccc(NC(=O)[C@H]3Cc4ccccc4CN3C(=O)Nc3ccc(Cl)cc3)cc2)C(=O)C1. The fraction of sp³-hybridized carbons (Fsp3) is 0.250. The van der Waals surface area contributed by atoms with Gasteiger partial charge in [0.15, 0.2) is 0 Å². The number of piperazine rings is 1. The van der Waals surface area contributed by atoms with Crippen LogP contribution in [0.2, 0.25) is 5.02 Å². The number of nitrogens with zero attached hydrogens (tertiary/aromatic N) is 3. The summed E-state index contributed by atoms with van der Waals surface area (Å²) >= 11 is 5.96. The molecular weight excluding hydrogens is 490 g/mol. The van der Waals surface area contributed by atoms with Crippen LogP contribution in [0.15, 0.2) is 72.8 Å². The number of halogens is 1. The Kier molecular flexibility index (Phi) is 7.12. The van der Waals surface area contributed by atoms with E-state index in [4.69, 9.17) is 11.6 Å². The molecule has 0 spiro atoms. The van der Waals surface area contributed by atoms with Gasteiger partial charge in [-0.3, -0.25) is 14.5 Å². The standard InChI is InChI=1S/C28H28ClN5O3/c1-32-14-15-33(26(35)18-32)24-12-10-22(11-13-24)30-27(36)25-16-19-4-2-3-5-20(19)17-34(25)28(37)31-23-8-6-21(29)7-9-23/h2-13,25H,14-18H2,1H3,(H,30,36)(H,31,37)/t25-/m1/s1. The largest absolute Gasteiger partial charge is 0.324 e. The first-order chi connectivity index (χ1) is 17.9. The summed E-state index contributed by atoms with van der Waals surface area (Å²) in [6.07, 6.45) is 0.407. The van der Waals surface area contributed by atoms with Gasteiger partial charge in [0, 0.05) is 48.1 Å². The van der Waals surface area contributed by atoms with Crippen LogP contribution in [-0.4, -0.2) is 60.4 Å². The van der Waals surface area contributed by atoms with Crippen LogP contribution >= 0.6 is 11.6 Å². The maximum atomic E-state index is 13.4. The maximum Gasteiger partial charge on any atom is 0.322 e. The second kappa shape index (κ2) is 10.6. The number of fused-ring (bicyclic) bond motifs is 1. The van der Waals surface area contributed by atoms with Gasteiger partial charge in [0.25, 0.3) is 0 Å². The van der Waals surface area contributed by atoms with E-state index in [2.05, 4.69) is 10.6 Å². The molecule has 8 nitrogen and oxygen atoms in total. The van der Waals surface area contributed by atoms with E-state index in [-0.39, 0.29) is 17.8 Å². The van der Waals surface area contributed by atoms with Crippen LogP contribution in [0, 0.1) is 0 Å². The summed E-state index contributed by atoms with van der Waals surface area (Å²) in [6.45, 7) is 2.13. The van der Waals surface area contributed by atoms with Crippen LogP contribution in [0.5, 0.6) is 0 Å². The summed E-state index contributed by atoms with van der Waals surface area (Å²) in [6, 6.07) is 20.9. The molecule has 1 fully saturated rings. The lowest BCUT2D eigenvalue weighted by atomic mass is 9.93. The number of anilines is 3. The number of amides is 4. The third kappa shape index (κ3) is 5.60. The predicted molar refractivity (Wildman–Crippen MR) is 145 cm³/mol. The Bertz CT molecular complexity index is 1310. The Morgan fingerprint density at radius 1 is 0.838 bits per heavy atom. The second-order valence-electron chi connectivity index (χ2n) is 9.37. The number of likely N-dealkylation sites (N-methyl/N-ethyl adjacent to an activating group) is 1. The number of carbonyl (C=O) groups is 3. The van der Waals surface area contributed by atoms with Gasteiger partial charge in [0.1, 0.15) is 6.04 Å². The summed E-state index contributed by atoms with van der Waals surface area (Å²) in [5.74, 6) is -0.224. The van der Waals surface area contributed by atoms with Crippen molar-refractivity contribution in [1.82, 2.24) is 9.80 Å². The van der Waals surface area contributed by atoms with E-state index in [0.717, 1.165) is 23.4 Å². The van der Waals surface area contributed by atoms with Crippen LogP contribution < -0.4 is 15.5 Å². The Balaban J connectivity index is 1.32. The number of hydrogen-bond acceptors (Lipinski definition) is 4. The molecule has 2 aliphatic rings. The number of hydrogen-bond donors (Lipinski definition) is 2. The molecular formula is C28H28ClN5O3. The smallest absolute Gasteiger partial charge is 0.322 e. The molecule has 1 atom stereocenters. The van der Waals surface area contributed by atoms with Crippen molar-refractivity contribution >= 4 is 46.5 Å². The predicted octanol–water partition coefficient (Wildman–Crippen LogP) is 4.22. The monoisotopic (exact) mass is 517 g/mol. The highest BCUT2D eigenvalue weighted by molar-refractivity contribution is 6.30. The van der Waals surface area contributed by atoms with Crippen LogP contribution in [0.1, 0.15) is 11.1 Å². The van der Waals surface area contributed by atoms with Gasteiger partial charge in [0.05, 0.1) is 6.54 Å². The lowest BCUT2D eigenvalue weighted by Gasteiger charge is -2.36. The van der Waals surface area contributed by atoms with E-state index in [1.165, 1.54) is 0 Å². The number of rotatable bonds is 4. The molecule has 5 rings (SSSR count). The molecule has 0 bridgehead atoms. The number of carbonyl (C=O) groups excluding carboxylic acids is 3. The minimum Gasteiger partial charge on any atom is -0.324 e. The highest BCUT2D eigenvalue weighted by Gasteiger charge is 2.35. The van der Waals surface area contributed by atoms with E-state index in [9.17, 15) is 14.4 Å². The maximum absolute atomic E-state index is 13.4. The quantitative estimate of drug-likeness (QED) is 0.543. The van der Waals surface area contributed by atoms with Crippen LogP contribution in [0.4, 0.5) is 21.9 Å². The zero-order valence-corrected chi connectivity index (χ0v) is 21.2. The molecule has 1 saturated heterocycles. The molecule has 0 aromatic heterocycles. The fourth-order valence-corrected chi connectivity index (χ4v) is 4.84. The molecule has 2 N–H and O–H groups in total. The topological polar surface area (TPSA) is 85.0 Å². The molecule has 2 aliphatic heterocycles. The van der Waals surface area contributed by atoms with E-state index in [0.29, 0.717) is 42.5 Å². The van der Waals surface area contributed by atoms with Crippen molar-refractivity contribution in [3.63, 3.8) is 0 Å². The summed E-state index contributed by atoms with van der Waals surface area (Å²) in [5.41, 5.74) is 4.06. The molecule has 0 radical (unpaired) electrons. The normalized spacial score (nSPS) is 17.8. The first-order valence-corrected chi connectivity index (χ1v) is 12.5. The van der Waals surface area contributed by atoms with Gasteiger partial charge in [-0.1, -0.05) is 35.9 Å². The molecule has 0 aliphatic carbocycles. The molecule has 2 heterocycles. The average molecular weight is 518 g/mol. The number of nitrogens with one attached hydrogen (secondary N) is 2. The van der Waals surface area contributed by atoms with Gasteiger partial charge in [-0.15, -0.1) is 0 Å². The Hall–Kier alpha value is -3.88. The van der Waals surface area contributed by atoms with Crippen molar-refractivity contribution in [2.75, 3.05) is 42.2 Å². The zero-order chi connectivity index (χ0) is 25.9. The highest BCUT2D eigenvalue weighted by Crippen LogP contribution is 2.26. The summed E-state index contributed by atoms with van der Waals surface area (Å²) in [7, 11) is 1.93. The summed E-state index contributed by atoms with van der Waals surface area (Å²) in [5, 5.41) is 6.41. The minimum atomic E-state index is -0.693. The lowest BCUT2D eigenvalue weighted by molar-refractivity contribution is -0.121. The second-order valence-corrected chi connectivity index (χ2v) is 9.81. The summed E-state index contributed by atoms with van der Waals surface area (Å²) in [4.78, 5) is 44.4. The Morgan fingerprint density at radius 3 is 2.19 bits per heavy atom. The highest BCUT2D eigenvalue weighted by atomic mass is 35.5. The molecule has 3 aromatic rings. The molecule has 0 unspecified atom stereocenters. The Morgan fingerprint density at radius 2 is 1.49 bits per heavy atom. The molecule has 4 amide bonds. The zero-order valence-electron chi connectivity index (χ0n) is 20.5. The van der Waals surface area contributed by atoms with Gasteiger partial charge >= 0.3 is 6.03 Å². The van der Waals surface area contributed by atoms with Gasteiger partial charge in [0.2, 0.25) is 11.8 Å². The van der Waals surface area contributed by atoms with Crippen molar-refractivity contribution in [1.29, 1.82) is 0 Å². The van der Waals surface area contributed by atoms with Crippen LogP contribution in [-0.2, 0) is 22.6 Å². The van der Waals surface area contributed by atoms with Gasteiger partial charge < -0.3 is 20.4 Å². The third-order valence-corrected chi connectivity index (χ3v) is 7.02. The van der Waals surface area contributed by atoms with Crippen molar-refractivity contribution in [3.8, 4) is 0 Å². The van der Waals surface area contributed by atoms with Crippen molar-refractivity contribution < 1.29 is 14.4 Å². The molecule has 0 saturated carbocycles. The molecule has 9 heteroatoms. The van der Waals surface area contributed by atoms with Crippen molar-refractivity contribution in [2.24, 2.45) is 0 Å². The van der Waals surface area contributed by atoms with E-state index >= 15 is 0 Å². The number of benzene rings is 3. The lowest BCUT2D eigenvalue weighted by Crippen LogP contribution is -2.52. The van der Waals surface area contributed by atoms with E-state index < -0.39 is 6.04 Å². The molecule has 3 aromatic carbocycles. The Labute approximate surface area is 220 Å². The number of urea groups is 1. The van der Waals surface area contributed by atoms with Crippen molar-refractivity contribution in [3.05, 3.63) is 88.9 Å². The van der Waals surface area contributed by atoms with Gasteiger partial charge in [-0.2, -0.15) is 0 Å². The first kappa shape index (κ1) is 24.8. The van der Waals surface area contributed by atoms with Gasteiger partial charge in [-0.05, 0) is 66.7 Å². The fourth-order valence-electron chi connectivity index (χ4n) is 4.71. The minimum absolute atomic E-state index is 0.0498. The summed E-state index contributed by atoms with van der Waals surface area (Å²) < 4.78 is 0. The van der Waals surface area contributed by atoms with Gasteiger partial charge in [-0.25, -0.2) is 4.79 Å². The molecule has 190 valence electrons. The van der Waals surface area contributed by atoms with Crippen molar-refractivity contribution in [2.45, 2.75) is 19.0 Å². The molecule has 37 heavy (non-hydrogen) atoms. The van der Waals surface area contributed by atoms with E-state index in [1.54, 1.807) is 46.2 Å². The van der Waals surface area contributed by atoms with Crippen LogP contribution in [0.3, 0.4) is 0 Å². The van der Waals surface area contributed by atoms with Crippen LogP contribution in [0.25, 0.3) is 0 Å². The average Bonchev–Trinajstić information content (AvgIpc) is 2.90. The first-order valence-electron chi connectivity index (χ1n) is 12.2. The van der Waals surface area contributed by atoms with E-state index in [1.807, 2.05) is 48.3 Å². The third-order valence-electron chi connectivity index (χ3n) is 6.77.